The van der Waals surface area contributed by atoms with Crippen molar-refractivity contribution in [2.24, 2.45) is 5.92 Å². The van der Waals surface area contributed by atoms with Gasteiger partial charge in [0.05, 0.1) is 24.2 Å². The van der Waals surface area contributed by atoms with Gasteiger partial charge in [-0.2, -0.15) is 13.2 Å². The monoisotopic (exact) mass is 594 g/mol. The van der Waals surface area contributed by atoms with Crippen molar-refractivity contribution >= 4 is 29.4 Å². The quantitative estimate of drug-likeness (QED) is 0.309. The largest absolute Gasteiger partial charge is 0.417 e. The summed E-state index contributed by atoms with van der Waals surface area (Å²) in [6, 6.07) is 11.8. The number of benzene rings is 2. The predicted molar refractivity (Wildman–Crippen MR) is 154 cm³/mol. The average Bonchev–Trinajstić information content (AvgIpc) is 2.93. The Kier molecular flexibility index (Phi) is 17.8. The van der Waals surface area contributed by atoms with Gasteiger partial charge in [-0.1, -0.05) is 83.5 Å². The third-order valence-electron chi connectivity index (χ3n) is 4.63. The lowest BCUT2D eigenvalue weighted by Crippen LogP contribution is -2.49. The first kappa shape index (κ1) is 37.8. The van der Waals surface area contributed by atoms with E-state index in [0.717, 1.165) is 29.7 Å². The molecule has 0 unspecified atom stereocenters. The zero-order valence-corrected chi connectivity index (χ0v) is 24.9. The maximum absolute atomic E-state index is 13.0. The minimum Gasteiger partial charge on any atom is -0.347 e. The van der Waals surface area contributed by atoms with Crippen molar-refractivity contribution in [3.05, 3.63) is 71.3 Å². The first-order valence-electron chi connectivity index (χ1n) is 13.5. The molecular formula is C30H41F3N4O5. The fourth-order valence-corrected chi connectivity index (χ4v) is 2.82. The molecule has 0 aliphatic carbocycles. The molecule has 0 aromatic heterocycles. The number of amides is 4. The lowest BCUT2D eigenvalue weighted by Gasteiger charge is -2.15. The third-order valence-corrected chi connectivity index (χ3v) is 4.63. The van der Waals surface area contributed by atoms with Gasteiger partial charge in [-0.15, -0.1) is 0 Å². The van der Waals surface area contributed by atoms with E-state index < -0.39 is 65.8 Å². The molecular weight excluding hydrogens is 553 g/mol. The van der Waals surface area contributed by atoms with E-state index >= 15 is 0 Å². The SMILES string of the molecule is CC(C)C.CCC.C[C@H](NC(=O)CNC(=O)c1ccccc1C(F)(F)F)C(=O)NCC(=O)C(=O)NCc1ccccc1. The summed E-state index contributed by atoms with van der Waals surface area (Å²) in [5.74, 6) is -3.71. The van der Waals surface area contributed by atoms with E-state index in [0.29, 0.717) is 0 Å². The van der Waals surface area contributed by atoms with Gasteiger partial charge in [-0.25, -0.2) is 0 Å². The fraction of sp³-hybridized carbons (Fsp3) is 0.433. The van der Waals surface area contributed by atoms with Crippen LogP contribution in [0.15, 0.2) is 54.6 Å². The summed E-state index contributed by atoms with van der Waals surface area (Å²) < 4.78 is 39.0. The molecule has 0 saturated heterocycles. The van der Waals surface area contributed by atoms with Crippen molar-refractivity contribution in [2.75, 3.05) is 13.1 Å². The van der Waals surface area contributed by atoms with E-state index in [-0.39, 0.29) is 6.54 Å². The minimum atomic E-state index is -4.75. The summed E-state index contributed by atoms with van der Waals surface area (Å²) in [4.78, 5) is 59.9. The highest BCUT2D eigenvalue weighted by Crippen LogP contribution is 2.31. The number of carbonyl (C=O) groups excluding carboxylic acids is 5. The molecule has 0 aliphatic heterocycles. The molecule has 2 aromatic carbocycles. The molecule has 2 rings (SSSR count). The standard InChI is InChI=1S/C23H23F3N4O5.C4H10.C3H8/c1-14(20(33)28-12-18(31)22(35)27-11-15-7-3-2-4-8-15)30-19(32)13-29-21(34)16-9-5-6-10-17(16)23(24,25)26;1-4(2)3;1-3-2/h2-10,14H,11-13H2,1H3,(H,27,35)(H,28,33)(H,29,34)(H,30,32);4H,1-3H3;3H2,1-2H3/t14-;;/m0../s1. The fourth-order valence-electron chi connectivity index (χ4n) is 2.82. The van der Waals surface area contributed by atoms with E-state index in [1.54, 1.807) is 30.3 Å². The summed E-state index contributed by atoms with van der Waals surface area (Å²) in [6.45, 7) is 10.9. The van der Waals surface area contributed by atoms with Gasteiger partial charge in [0.25, 0.3) is 11.8 Å². The second kappa shape index (κ2) is 19.8. The van der Waals surface area contributed by atoms with Gasteiger partial charge < -0.3 is 21.3 Å². The summed E-state index contributed by atoms with van der Waals surface area (Å²) in [7, 11) is 0. The highest BCUT2D eigenvalue weighted by atomic mass is 19.4. The number of hydrogen-bond donors (Lipinski definition) is 4. The van der Waals surface area contributed by atoms with Crippen LogP contribution in [-0.4, -0.2) is 48.5 Å². The lowest BCUT2D eigenvalue weighted by molar-refractivity contribution is -0.138. The molecule has 42 heavy (non-hydrogen) atoms. The van der Waals surface area contributed by atoms with Gasteiger partial charge in [0.2, 0.25) is 17.6 Å². The molecule has 0 heterocycles. The number of nitrogens with one attached hydrogen (secondary N) is 4. The van der Waals surface area contributed by atoms with Crippen LogP contribution in [0.2, 0.25) is 0 Å². The predicted octanol–water partition coefficient (Wildman–Crippen LogP) is 4.02. The van der Waals surface area contributed by atoms with Gasteiger partial charge in [0.1, 0.15) is 6.04 Å². The Hall–Kier alpha value is -4.22. The number of ketones is 1. The number of Topliss-reactive ketones (excluding diaryl/α,β-unsaturated/α-hetero) is 1. The van der Waals surface area contributed by atoms with Gasteiger partial charge in [0.15, 0.2) is 0 Å². The number of halogens is 3. The lowest BCUT2D eigenvalue weighted by atomic mass is 10.1. The Labute approximate surface area is 245 Å². The van der Waals surface area contributed by atoms with Gasteiger partial charge in [0, 0.05) is 6.54 Å². The number of rotatable bonds is 10. The number of alkyl halides is 3. The van der Waals surface area contributed by atoms with Crippen LogP contribution in [0.4, 0.5) is 13.2 Å². The normalized spacial score (nSPS) is 11.0. The van der Waals surface area contributed by atoms with Crippen LogP contribution in [0.25, 0.3) is 0 Å². The maximum Gasteiger partial charge on any atom is 0.417 e. The molecule has 12 heteroatoms. The van der Waals surface area contributed by atoms with E-state index in [1.807, 2.05) is 0 Å². The van der Waals surface area contributed by atoms with Gasteiger partial charge in [-0.3, -0.25) is 24.0 Å². The van der Waals surface area contributed by atoms with Crippen LogP contribution in [0.5, 0.6) is 0 Å². The van der Waals surface area contributed by atoms with Crippen molar-refractivity contribution < 1.29 is 37.1 Å². The average molecular weight is 595 g/mol. The summed E-state index contributed by atoms with van der Waals surface area (Å²) in [6.07, 6.45) is -3.50. The Balaban J connectivity index is 0.00000216. The molecule has 0 radical (unpaired) electrons. The maximum atomic E-state index is 13.0. The van der Waals surface area contributed by atoms with Crippen LogP contribution < -0.4 is 21.3 Å². The zero-order valence-electron chi connectivity index (χ0n) is 24.9. The van der Waals surface area contributed by atoms with E-state index in [1.165, 1.54) is 19.4 Å². The molecule has 0 fully saturated rings. The van der Waals surface area contributed by atoms with E-state index in [9.17, 15) is 37.1 Å². The van der Waals surface area contributed by atoms with Crippen LogP contribution >= 0.6 is 0 Å². The molecule has 0 aliphatic rings. The third kappa shape index (κ3) is 16.1. The summed E-state index contributed by atoms with van der Waals surface area (Å²) in [5.41, 5.74) is -1.02. The van der Waals surface area contributed by atoms with E-state index in [4.69, 9.17) is 0 Å². The van der Waals surface area contributed by atoms with Crippen molar-refractivity contribution in [3.8, 4) is 0 Å². The van der Waals surface area contributed by atoms with E-state index in [2.05, 4.69) is 55.9 Å². The van der Waals surface area contributed by atoms with Crippen molar-refractivity contribution in [2.45, 2.75) is 66.7 Å². The number of carbonyl (C=O) groups is 5. The van der Waals surface area contributed by atoms with Crippen molar-refractivity contribution in [3.63, 3.8) is 0 Å². The highest BCUT2D eigenvalue weighted by Gasteiger charge is 2.34. The zero-order chi connectivity index (χ0) is 32.3. The van der Waals surface area contributed by atoms with Crippen molar-refractivity contribution in [1.82, 2.24) is 21.3 Å². The van der Waals surface area contributed by atoms with Crippen LogP contribution in [0.3, 0.4) is 0 Å². The minimum absolute atomic E-state index is 0.130. The molecule has 1 atom stereocenters. The van der Waals surface area contributed by atoms with Gasteiger partial charge >= 0.3 is 6.18 Å². The molecule has 4 N–H and O–H groups in total. The molecule has 2 aromatic rings. The molecule has 232 valence electrons. The molecule has 9 nitrogen and oxygen atoms in total. The van der Waals surface area contributed by atoms with Crippen LogP contribution in [0, 0.1) is 5.92 Å². The Morgan fingerprint density at radius 3 is 1.83 bits per heavy atom. The van der Waals surface area contributed by atoms with Crippen molar-refractivity contribution in [1.29, 1.82) is 0 Å². The highest BCUT2D eigenvalue weighted by molar-refractivity contribution is 6.37. The molecule has 0 spiro atoms. The first-order valence-corrected chi connectivity index (χ1v) is 13.5. The Morgan fingerprint density at radius 2 is 1.29 bits per heavy atom. The Bertz CT molecular complexity index is 1150. The number of hydrogen-bond acceptors (Lipinski definition) is 5. The van der Waals surface area contributed by atoms with Crippen LogP contribution in [0.1, 0.15) is 69.4 Å². The second-order valence-electron chi connectivity index (χ2n) is 9.76. The molecule has 4 amide bonds. The Morgan fingerprint density at radius 1 is 0.762 bits per heavy atom. The summed E-state index contributed by atoms with van der Waals surface area (Å²) in [5, 5.41) is 8.91. The molecule has 0 saturated carbocycles. The summed E-state index contributed by atoms with van der Waals surface area (Å²) >= 11 is 0. The first-order chi connectivity index (χ1) is 19.6. The van der Waals surface area contributed by atoms with Crippen LogP contribution in [-0.2, 0) is 31.9 Å². The molecule has 0 bridgehead atoms. The van der Waals surface area contributed by atoms with Gasteiger partial charge in [-0.05, 0) is 30.5 Å². The second-order valence-corrected chi connectivity index (χ2v) is 9.76. The smallest absolute Gasteiger partial charge is 0.347 e. The topological polar surface area (TPSA) is 133 Å².